The highest BCUT2D eigenvalue weighted by atomic mass is 79.9. The molecule has 5 aliphatic rings. The van der Waals surface area contributed by atoms with E-state index in [2.05, 4.69) is 82.6 Å². The fourth-order valence-corrected chi connectivity index (χ4v) is 16.3. The van der Waals surface area contributed by atoms with Crippen LogP contribution in [0.4, 0.5) is 77.5 Å². The largest absolute Gasteiger partial charge is 0.460 e. The first-order valence-electron chi connectivity index (χ1n) is 34.5. The molecule has 2 atom stereocenters. The maximum atomic E-state index is 15.1. The number of halogens is 9. The Bertz CT molecular complexity index is 5140. The van der Waals surface area contributed by atoms with E-state index in [9.17, 15) is 79.9 Å². The van der Waals surface area contributed by atoms with Crippen LogP contribution in [0.2, 0.25) is 0 Å². The van der Waals surface area contributed by atoms with Crippen molar-refractivity contribution in [3.63, 3.8) is 0 Å². The topological polar surface area (TPSA) is 387 Å². The lowest BCUT2D eigenvalue weighted by atomic mass is 9.97. The number of carbonyl (C=O) groups excluding carboxylic acids is 1. The number of hydrogen-bond donors (Lipinski definition) is 10. The number of sulfone groups is 1. The summed E-state index contributed by atoms with van der Waals surface area (Å²) in [6.07, 6.45) is 2.54. The number of benzene rings is 3. The normalized spacial score (nSPS) is 16.2. The number of aliphatic hydroxyl groups excluding tert-OH is 2. The molecule has 616 valence electrons. The first-order chi connectivity index (χ1) is 51.2. The molecule has 11 rings (SSSR count). The van der Waals surface area contributed by atoms with Crippen LogP contribution in [-0.2, 0) is 98.4 Å². The van der Waals surface area contributed by atoms with Crippen molar-refractivity contribution in [3.05, 3.63) is 151 Å². The number of pyridine rings is 3. The predicted octanol–water partition coefficient (Wildman–Crippen LogP) is 10.7. The smallest absolute Gasteiger partial charge is 0.311 e. The second-order valence-electron chi connectivity index (χ2n) is 29.7. The molecular formula is C69H91Br3F6N12O17S4. The summed E-state index contributed by atoms with van der Waals surface area (Å²) >= 11 is 9.37. The number of ether oxygens (including phenoxy) is 3. The number of esters is 1. The van der Waals surface area contributed by atoms with Crippen LogP contribution in [0.25, 0.3) is 0 Å². The minimum atomic E-state index is -4.32. The molecule has 3 aromatic heterocycles. The van der Waals surface area contributed by atoms with Gasteiger partial charge in [-0.15, -0.1) is 0 Å². The second kappa shape index (κ2) is 36.4. The maximum absolute atomic E-state index is 15.1. The summed E-state index contributed by atoms with van der Waals surface area (Å²) in [4.78, 5) is 48.5. The zero-order valence-electron chi connectivity index (χ0n) is 62.9. The molecule has 0 amide bonds. The van der Waals surface area contributed by atoms with Gasteiger partial charge in [-0.1, -0.05) is 47.8 Å². The van der Waals surface area contributed by atoms with Crippen molar-refractivity contribution in [1.29, 1.82) is 0 Å². The van der Waals surface area contributed by atoms with E-state index in [1.165, 1.54) is 65.7 Å². The van der Waals surface area contributed by atoms with Crippen molar-refractivity contribution < 1.29 is 89.2 Å². The summed E-state index contributed by atoms with van der Waals surface area (Å²) in [5.74, 6) is -6.78. The Morgan fingerprint density at radius 2 is 0.955 bits per heavy atom. The molecule has 10 N–H and O–H groups in total. The molecule has 6 aromatic rings. The fourth-order valence-electron chi connectivity index (χ4n) is 11.0. The molecule has 111 heavy (non-hydrogen) atoms. The predicted molar refractivity (Wildman–Crippen MR) is 421 cm³/mol. The van der Waals surface area contributed by atoms with Gasteiger partial charge in [0.15, 0.2) is 15.6 Å². The van der Waals surface area contributed by atoms with Crippen molar-refractivity contribution in [1.82, 2.24) is 27.5 Å². The molecular weight excluding hydrogens is 1750 g/mol. The van der Waals surface area contributed by atoms with E-state index in [4.69, 9.17) is 19.3 Å². The van der Waals surface area contributed by atoms with Crippen molar-refractivity contribution in [2.75, 3.05) is 70.5 Å². The summed E-state index contributed by atoms with van der Waals surface area (Å²) in [6.45, 7) is 19.6. The highest BCUT2D eigenvalue weighted by molar-refractivity contribution is 9.11. The number of nitrogens with one attached hydrogen (secondary N) is 8. The quantitative estimate of drug-likeness (QED) is 0.0236. The van der Waals surface area contributed by atoms with Crippen LogP contribution in [0.5, 0.6) is 0 Å². The van der Waals surface area contributed by atoms with Gasteiger partial charge < -0.3 is 54.1 Å². The van der Waals surface area contributed by atoms with Crippen LogP contribution in [0.3, 0.4) is 0 Å². The lowest BCUT2D eigenvalue weighted by Gasteiger charge is -2.25. The number of aromatic nitrogens is 3. The molecule has 1 saturated heterocycles. The van der Waals surface area contributed by atoms with E-state index >= 15 is 4.39 Å². The molecule has 2 unspecified atom stereocenters. The molecule has 1 saturated carbocycles. The lowest BCUT2D eigenvalue weighted by Crippen LogP contribution is -2.38. The van der Waals surface area contributed by atoms with Gasteiger partial charge in [0.05, 0.1) is 75.0 Å². The van der Waals surface area contributed by atoms with E-state index in [1.807, 2.05) is 46.3 Å². The number of rotatable bonds is 21. The first kappa shape index (κ1) is 91.5. The average molecular weight is 1840 g/mol. The average Bonchev–Trinajstić information content (AvgIpc) is 1.76. The molecule has 2 fully saturated rings. The summed E-state index contributed by atoms with van der Waals surface area (Å²) in [6, 6.07) is 12.0. The van der Waals surface area contributed by atoms with Gasteiger partial charge >= 0.3 is 16.2 Å². The van der Waals surface area contributed by atoms with Crippen LogP contribution in [0.15, 0.2) is 82.4 Å². The molecule has 1 aliphatic carbocycles. The zero-order chi connectivity index (χ0) is 83.2. The maximum Gasteiger partial charge on any atom is 0.311 e. The molecule has 0 radical (unpaired) electrons. The molecule has 29 nitrogen and oxygen atoms in total. The molecule has 42 heteroatoms. The summed E-state index contributed by atoms with van der Waals surface area (Å²) < 4.78 is 218. The van der Waals surface area contributed by atoms with Crippen molar-refractivity contribution in [2.24, 2.45) is 5.41 Å². The third-order valence-electron chi connectivity index (χ3n) is 16.8. The van der Waals surface area contributed by atoms with Crippen molar-refractivity contribution in [2.45, 2.75) is 181 Å². The Hall–Kier alpha value is -6.68. The number of aliphatic hydroxyl groups is 2. The number of anilines is 9. The Kier molecular flexibility index (Phi) is 30.0. The Balaban J connectivity index is 0.000000205. The van der Waals surface area contributed by atoms with Crippen LogP contribution < -0.4 is 56.2 Å². The van der Waals surface area contributed by atoms with Gasteiger partial charge in [-0.2, -0.15) is 52.2 Å². The molecule has 7 heterocycles. The summed E-state index contributed by atoms with van der Waals surface area (Å²) in [7, 11) is -12.7. The van der Waals surface area contributed by atoms with Crippen molar-refractivity contribution in [3.8, 4) is 0 Å². The van der Waals surface area contributed by atoms with Crippen LogP contribution in [0.1, 0.15) is 125 Å². The number of fused-ring (bicyclic) bond motifs is 3. The van der Waals surface area contributed by atoms with Gasteiger partial charge in [0.2, 0.25) is 17.5 Å². The minimum Gasteiger partial charge on any atom is -0.460 e. The standard InChI is InChI=1S/C20H23BrF2N4O5S.C17H19BrF2N4O5S.C16H17BrF2N4O3S.C9H18O2.C7H14O2S/c1-20(2)31-10-12(32-20)9-24-33(29,30)26-17-15-4-3-7-27(15)19(28)16(23)18(17)25-14-6-5-11(21)8-13(14)22;18-9-3-4-12(11(19)6-9)22-16-14(20)17(27)24-5-1-2-13(24)15(16)23-30(28,29)21-7-10(26)8-25;1-22(2)27(25,26)21-14-12-4-3-7-23(12)16(24)13(19)15(14)20-11-6-5-9(17)8-10(11)18;1-8(2,3)7(10)11-9(4,5)6;1-7(2,3)10(8,9)6-4-5-6/h5-6,8,12,24-26H,3-4,7,9-10H2,1-2H3;3-4,6,10,21-23,25-26H,1-2,5,7-8H2;5-6,8,20-21H,3-4,7H2,1-2H3;1-6H3;6H,4-5H2,1-3H3. The van der Waals surface area contributed by atoms with Crippen molar-refractivity contribution >= 4 is 145 Å². The van der Waals surface area contributed by atoms with Crippen LogP contribution in [0, 0.1) is 40.3 Å². The third-order valence-corrected chi connectivity index (χ3v) is 24.8. The highest BCUT2D eigenvalue weighted by Gasteiger charge is 2.43. The number of carbonyl (C=O) groups is 1. The van der Waals surface area contributed by atoms with Gasteiger partial charge in [0.1, 0.15) is 40.1 Å². The van der Waals surface area contributed by atoms with Crippen LogP contribution >= 0.6 is 47.8 Å². The summed E-state index contributed by atoms with van der Waals surface area (Å²) in [5, 5.41) is 25.7. The van der Waals surface area contributed by atoms with Gasteiger partial charge in [0.25, 0.3) is 37.1 Å². The summed E-state index contributed by atoms with van der Waals surface area (Å²) in [5.41, 5.74) is -4.81. The zero-order valence-corrected chi connectivity index (χ0v) is 70.9. The lowest BCUT2D eigenvalue weighted by molar-refractivity contribution is -0.164. The van der Waals surface area contributed by atoms with Gasteiger partial charge in [-0.05, 0) is 182 Å². The Labute approximate surface area is 665 Å². The molecule has 4 aliphatic heterocycles. The van der Waals surface area contributed by atoms with Gasteiger partial charge in [-0.3, -0.25) is 33.3 Å². The number of nitrogens with zero attached hydrogens (tertiary/aromatic N) is 4. The highest BCUT2D eigenvalue weighted by Crippen LogP contribution is 2.40. The Morgan fingerprint density at radius 3 is 1.23 bits per heavy atom. The van der Waals surface area contributed by atoms with E-state index < -0.39 is 150 Å². The monoisotopic (exact) mass is 1840 g/mol. The SMILES string of the molecule is CC(C)(C)OC(=O)C(C)(C)C.CC(C)(C)S(=O)(=O)C1CC1.CC1(C)OCC(CNS(=O)(=O)Nc2c(Nc3ccc(Br)cc3F)c(F)c(=O)n3c2CCC3)O1.CN(C)S(=O)(=O)Nc1c(Nc2ccc(Br)cc2F)c(F)c(=O)n2c1CCC2.O=c1c(F)c(Nc2ccc(Br)cc2F)c(NS(=O)(=O)NCC(O)CO)c2n1CCC2. The fraction of sp³-hybridized carbons (Fsp3) is 0.507. The van der Waals surface area contributed by atoms with E-state index in [-0.39, 0.29) is 89.4 Å². The molecule has 3 aromatic carbocycles. The first-order valence-corrected chi connectivity index (χ1v) is 42.9. The minimum absolute atomic E-state index is 0.0208. The van der Waals surface area contributed by atoms with E-state index in [1.54, 1.807) is 34.6 Å². The van der Waals surface area contributed by atoms with Gasteiger partial charge in [0, 0.05) is 77.3 Å². The van der Waals surface area contributed by atoms with E-state index in [0.717, 1.165) is 33.8 Å². The van der Waals surface area contributed by atoms with Gasteiger partial charge in [-0.25, -0.2) is 21.6 Å². The number of hydrogen-bond acceptors (Lipinski definition) is 20. The molecule has 0 bridgehead atoms. The Morgan fingerprint density at radius 1 is 0.595 bits per heavy atom. The van der Waals surface area contributed by atoms with E-state index in [0.29, 0.717) is 63.3 Å². The molecule has 0 spiro atoms. The second-order valence-corrected chi connectivity index (χ2v) is 40.3. The third kappa shape index (κ3) is 24.2. The van der Waals surface area contributed by atoms with Crippen LogP contribution in [-0.4, -0.2) is 142 Å².